The fourth-order valence-electron chi connectivity index (χ4n) is 3.33. The van der Waals surface area contributed by atoms with E-state index in [1.165, 1.54) is 44.9 Å². The molecular formula is C15H27N3O. The molecule has 3 rings (SSSR count). The molecule has 1 N–H and O–H groups in total. The summed E-state index contributed by atoms with van der Waals surface area (Å²) in [5.41, 5.74) is 0. The zero-order valence-electron chi connectivity index (χ0n) is 11.9. The molecule has 108 valence electrons. The number of amides is 1. The van der Waals surface area contributed by atoms with Crippen LogP contribution >= 0.6 is 0 Å². The zero-order chi connectivity index (χ0) is 13.1. The smallest absolute Gasteiger partial charge is 0.236 e. The second kappa shape index (κ2) is 6.23. The second-order valence-electron chi connectivity index (χ2n) is 6.39. The van der Waals surface area contributed by atoms with Crippen LogP contribution in [0.3, 0.4) is 0 Å². The number of nitrogens with one attached hydrogen (secondary N) is 1. The Morgan fingerprint density at radius 1 is 1.00 bits per heavy atom. The minimum Gasteiger partial charge on any atom is -0.342 e. The van der Waals surface area contributed by atoms with Crippen LogP contribution in [0.15, 0.2) is 0 Å². The van der Waals surface area contributed by atoms with E-state index in [4.69, 9.17) is 0 Å². The highest BCUT2D eigenvalue weighted by molar-refractivity contribution is 5.78. The lowest BCUT2D eigenvalue weighted by Gasteiger charge is -2.36. The van der Waals surface area contributed by atoms with Crippen molar-refractivity contribution in [2.45, 2.75) is 57.0 Å². The van der Waals surface area contributed by atoms with Crippen molar-refractivity contribution in [3.63, 3.8) is 0 Å². The molecule has 19 heavy (non-hydrogen) atoms. The zero-order valence-corrected chi connectivity index (χ0v) is 11.9. The third kappa shape index (κ3) is 3.69. The Kier molecular flexibility index (Phi) is 4.38. The Morgan fingerprint density at radius 3 is 2.47 bits per heavy atom. The summed E-state index contributed by atoms with van der Waals surface area (Å²) in [7, 11) is 0. The van der Waals surface area contributed by atoms with Crippen molar-refractivity contribution in [2.24, 2.45) is 0 Å². The van der Waals surface area contributed by atoms with Crippen LogP contribution in [0.2, 0.25) is 0 Å². The van der Waals surface area contributed by atoms with Gasteiger partial charge in [0.05, 0.1) is 6.54 Å². The number of carbonyl (C=O) groups is 1. The Morgan fingerprint density at radius 2 is 1.74 bits per heavy atom. The van der Waals surface area contributed by atoms with E-state index in [1.54, 1.807) is 0 Å². The lowest BCUT2D eigenvalue weighted by atomic mass is 10.0. The largest absolute Gasteiger partial charge is 0.342 e. The minimum atomic E-state index is 0.357. The molecule has 2 aliphatic heterocycles. The number of nitrogens with zero attached hydrogens (tertiary/aromatic N) is 2. The maximum absolute atomic E-state index is 12.3. The van der Waals surface area contributed by atoms with Gasteiger partial charge in [-0.1, -0.05) is 6.42 Å². The third-order valence-electron chi connectivity index (χ3n) is 4.77. The number of hydrogen-bond donors (Lipinski definition) is 1. The van der Waals surface area contributed by atoms with E-state index in [2.05, 4.69) is 15.1 Å². The van der Waals surface area contributed by atoms with Gasteiger partial charge < -0.3 is 10.2 Å². The molecule has 1 amide bonds. The van der Waals surface area contributed by atoms with Gasteiger partial charge in [0.25, 0.3) is 0 Å². The molecule has 0 aromatic rings. The standard InChI is InChI=1S/C15H27N3O/c19-15(17-8-3-4-9-17)12-18-10-2-1-5-14(18)11-16-13-6-7-13/h13-14,16H,1-12H2. The Balaban J connectivity index is 1.48. The number of piperidine rings is 1. The number of likely N-dealkylation sites (tertiary alicyclic amines) is 2. The van der Waals surface area contributed by atoms with E-state index in [-0.39, 0.29) is 0 Å². The summed E-state index contributed by atoms with van der Waals surface area (Å²) in [4.78, 5) is 16.8. The van der Waals surface area contributed by atoms with Crippen LogP contribution in [0.25, 0.3) is 0 Å². The predicted molar refractivity (Wildman–Crippen MR) is 76.1 cm³/mol. The summed E-state index contributed by atoms with van der Waals surface area (Å²) >= 11 is 0. The molecule has 3 fully saturated rings. The van der Waals surface area contributed by atoms with Gasteiger partial charge in [-0.3, -0.25) is 9.69 Å². The van der Waals surface area contributed by atoms with Crippen LogP contribution in [0.5, 0.6) is 0 Å². The normalized spacial score (nSPS) is 28.8. The highest BCUT2D eigenvalue weighted by Gasteiger charge is 2.29. The van der Waals surface area contributed by atoms with Crippen LogP contribution in [-0.2, 0) is 4.79 Å². The molecule has 1 atom stereocenters. The van der Waals surface area contributed by atoms with Gasteiger partial charge in [-0.2, -0.15) is 0 Å². The molecule has 0 bridgehead atoms. The predicted octanol–water partition coefficient (Wildman–Crippen LogP) is 1.22. The quantitative estimate of drug-likeness (QED) is 0.812. The highest BCUT2D eigenvalue weighted by Crippen LogP contribution is 2.21. The summed E-state index contributed by atoms with van der Waals surface area (Å²) in [6.07, 6.45) is 8.92. The molecular weight excluding hydrogens is 238 g/mol. The van der Waals surface area contributed by atoms with Crippen LogP contribution in [-0.4, -0.2) is 60.5 Å². The molecule has 4 nitrogen and oxygen atoms in total. The Hall–Kier alpha value is -0.610. The maximum atomic E-state index is 12.3. The van der Waals surface area contributed by atoms with E-state index >= 15 is 0 Å². The van der Waals surface area contributed by atoms with Gasteiger partial charge in [-0.25, -0.2) is 0 Å². The third-order valence-corrected chi connectivity index (χ3v) is 4.77. The van der Waals surface area contributed by atoms with Crippen molar-refractivity contribution < 1.29 is 4.79 Å². The first-order chi connectivity index (χ1) is 9.33. The fraction of sp³-hybridized carbons (Fsp3) is 0.933. The second-order valence-corrected chi connectivity index (χ2v) is 6.39. The number of rotatable bonds is 5. The SMILES string of the molecule is O=C(CN1CCCCC1CNC1CC1)N1CCCC1. The van der Waals surface area contributed by atoms with Gasteiger partial charge in [-0.15, -0.1) is 0 Å². The molecule has 0 aromatic carbocycles. The molecule has 0 spiro atoms. The van der Waals surface area contributed by atoms with Crippen molar-refractivity contribution in [3.8, 4) is 0 Å². The van der Waals surface area contributed by atoms with Crippen molar-refractivity contribution in [1.29, 1.82) is 0 Å². The molecule has 1 saturated carbocycles. The van der Waals surface area contributed by atoms with Crippen LogP contribution in [0, 0.1) is 0 Å². The van der Waals surface area contributed by atoms with Crippen molar-refractivity contribution in [2.75, 3.05) is 32.7 Å². The van der Waals surface area contributed by atoms with Gasteiger partial charge in [0, 0.05) is 31.7 Å². The summed E-state index contributed by atoms with van der Waals surface area (Å²) in [6.45, 7) is 4.81. The lowest BCUT2D eigenvalue weighted by Crippen LogP contribution is -2.50. The van der Waals surface area contributed by atoms with Crippen LogP contribution in [0.1, 0.15) is 44.9 Å². The topological polar surface area (TPSA) is 35.6 Å². The van der Waals surface area contributed by atoms with Crippen LogP contribution in [0.4, 0.5) is 0 Å². The van der Waals surface area contributed by atoms with Crippen LogP contribution < -0.4 is 5.32 Å². The molecule has 1 aliphatic carbocycles. The average Bonchev–Trinajstić information content (AvgIpc) is 3.09. The van der Waals surface area contributed by atoms with Gasteiger partial charge >= 0.3 is 0 Å². The summed E-state index contributed by atoms with van der Waals surface area (Å²) in [5.74, 6) is 0.357. The average molecular weight is 265 g/mol. The van der Waals surface area contributed by atoms with Gasteiger partial charge in [0.1, 0.15) is 0 Å². The molecule has 1 unspecified atom stereocenters. The molecule has 0 aromatic heterocycles. The number of hydrogen-bond acceptors (Lipinski definition) is 3. The molecule has 0 radical (unpaired) electrons. The highest BCUT2D eigenvalue weighted by atomic mass is 16.2. The minimum absolute atomic E-state index is 0.357. The first-order valence-corrected chi connectivity index (χ1v) is 8.08. The van der Waals surface area contributed by atoms with Crippen molar-refractivity contribution in [1.82, 2.24) is 15.1 Å². The first-order valence-electron chi connectivity index (χ1n) is 8.08. The van der Waals surface area contributed by atoms with Gasteiger partial charge in [-0.05, 0) is 45.1 Å². The van der Waals surface area contributed by atoms with Gasteiger partial charge in [0.15, 0.2) is 0 Å². The summed E-state index contributed by atoms with van der Waals surface area (Å²) in [5, 5.41) is 3.63. The van der Waals surface area contributed by atoms with E-state index in [0.29, 0.717) is 18.5 Å². The molecule has 3 aliphatic rings. The molecule has 2 saturated heterocycles. The van der Waals surface area contributed by atoms with E-state index in [9.17, 15) is 4.79 Å². The van der Waals surface area contributed by atoms with Gasteiger partial charge in [0.2, 0.25) is 5.91 Å². The number of carbonyl (C=O) groups excluding carboxylic acids is 1. The van der Waals surface area contributed by atoms with E-state index in [1.807, 2.05) is 0 Å². The van der Waals surface area contributed by atoms with Crippen molar-refractivity contribution in [3.05, 3.63) is 0 Å². The monoisotopic (exact) mass is 265 g/mol. The first kappa shape index (κ1) is 13.4. The summed E-state index contributed by atoms with van der Waals surface area (Å²) in [6, 6.07) is 1.36. The molecule has 4 heteroatoms. The maximum Gasteiger partial charge on any atom is 0.236 e. The van der Waals surface area contributed by atoms with Crippen molar-refractivity contribution >= 4 is 5.91 Å². The van der Waals surface area contributed by atoms with E-state index in [0.717, 1.165) is 32.2 Å². The Labute approximate surface area is 116 Å². The molecule has 2 heterocycles. The fourth-order valence-corrected chi connectivity index (χ4v) is 3.33. The summed E-state index contributed by atoms with van der Waals surface area (Å²) < 4.78 is 0. The lowest BCUT2D eigenvalue weighted by molar-refractivity contribution is -0.132. The Bertz CT molecular complexity index is 311. The van der Waals surface area contributed by atoms with E-state index < -0.39 is 0 Å².